The van der Waals surface area contributed by atoms with Gasteiger partial charge in [0.25, 0.3) is 0 Å². The number of hydrogen-bond donors (Lipinski definition) is 2. The maximum atomic E-state index is 8.79. The molecule has 0 atom stereocenters. The summed E-state index contributed by atoms with van der Waals surface area (Å²) in [6.45, 7) is 1.45. The first kappa shape index (κ1) is 15.1. The van der Waals surface area contributed by atoms with E-state index in [-0.39, 0.29) is 6.61 Å². The third-order valence-electron chi connectivity index (χ3n) is 3.58. The van der Waals surface area contributed by atoms with Crippen molar-refractivity contribution >= 4 is 22.6 Å². The Morgan fingerprint density at radius 2 is 1.95 bits per heavy atom. The smallest absolute Gasteiger partial charge is 0.134 e. The van der Waals surface area contributed by atoms with Crippen LogP contribution in [0.15, 0.2) is 52.9 Å². The maximum Gasteiger partial charge on any atom is 0.134 e. The summed E-state index contributed by atoms with van der Waals surface area (Å²) in [5.74, 6) is 0.906. The fourth-order valence-corrected chi connectivity index (χ4v) is 2.67. The average molecular weight is 316 g/mol. The van der Waals surface area contributed by atoms with Crippen LogP contribution in [0.2, 0.25) is 5.02 Å². The van der Waals surface area contributed by atoms with Gasteiger partial charge in [-0.2, -0.15) is 0 Å². The van der Waals surface area contributed by atoms with Gasteiger partial charge in [0.05, 0.1) is 6.61 Å². The van der Waals surface area contributed by atoms with Crippen molar-refractivity contribution < 1.29 is 9.52 Å². The van der Waals surface area contributed by atoms with Crippen molar-refractivity contribution in [2.75, 3.05) is 13.2 Å². The molecule has 3 aromatic rings. The lowest BCUT2D eigenvalue weighted by Gasteiger charge is -2.02. The number of fused-ring (bicyclic) bond motifs is 1. The van der Waals surface area contributed by atoms with Crippen molar-refractivity contribution in [3.8, 4) is 0 Å². The summed E-state index contributed by atoms with van der Waals surface area (Å²) in [5, 5.41) is 13.8. The molecule has 4 heteroatoms. The lowest BCUT2D eigenvalue weighted by atomic mass is 10.1. The zero-order valence-electron chi connectivity index (χ0n) is 12.2. The highest BCUT2D eigenvalue weighted by atomic mass is 35.5. The summed E-state index contributed by atoms with van der Waals surface area (Å²) >= 11 is 6.20. The topological polar surface area (TPSA) is 45.4 Å². The maximum absolute atomic E-state index is 8.79. The molecule has 22 heavy (non-hydrogen) atoms. The van der Waals surface area contributed by atoms with E-state index in [1.807, 2.05) is 30.3 Å². The number of halogens is 1. The van der Waals surface area contributed by atoms with E-state index in [2.05, 4.69) is 23.5 Å². The summed E-state index contributed by atoms with van der Waals surface area (Å²) in [6, 6.07) is 16.0. The van der Waals surface area contributed by atoms with Gasteiger partial charge in [0, 0.05) is 29.9 Å². The molecule has 0 fully saturated rings. The van der Waals surface area contributed by atoms with E-state index in [9.17, 15) is 0 Å². The highest BCUT2D eigenvalue weighted by molar-refractivity contribution is 6.31. The third kappa shape index (κ3) is 3.50. The Bertz CT molecular complexity index is 767. The molecule has 3 nitrogen and oxygen atoms in total. The zero-order valence-corrected chi connectivity index (χ0v) is 12.9. The van der Waals surface area contributed by atoms with Crippen LogP contribution in [0.3, 0.4) is 0 Å². The zero-order chi connectivity index (χ0) is 15.4. The van der Waals surface area contributed by atoms with Gasteiger partial charge in [0.2, 0.25) is 0 Å². The Balaban J connectivity index is 1.79. The fourth-order valence-electron chi connectivity index (χ4n) is 2.47. The van der Waals surface area contributed by atoms with Crippen molar-refractivity contribution in [2.24, 2.45) is 0 Å². The lowest BCUT2D eigenvalue weighted by molar-refractivity contribution is 0.292. The molecule has 114 valence electrons. The first-order valence-corrected chi connectivity index (χ1v) is 7.70. The Morgan fingerprint density at radius 1 is 1.09 bits per heavy atom. The van der Waals surface area contributed by atoms with Gasteiger partial charge < -0.3 is 14.8 Å². The Labute approximate surface area is 134 Å². The van der Waals surface area contributed by atoms with E-state index in [1.54, 1.807) is 0 Å². The molecule has 0 aliphatic rings. The van der Waals surface area contributed by atoms with E-state index in [0.29, 0.717) is 13.0 Å². The van der Waals surface area contributed by atoms with Crippen molar-refractivity contribution in [3.05, 3.63) is 70.4 Å². The molecular formula is C18H18ClNO2. The fraction of sp³-hybridized carbons (Fsp3) is 0.222. The molecule has 0 amide bonds. The van der Waals surface area contributed by atoms with Gasteiger partial charge in [-0.1, -0.05) is 41.9 Å². The normalized spacial score (nSPS) is 11.2. The van der Waals surface area contributed by atoms with E-state index >= 15 is 0 Å². The van der Waals surface area contributed by atoms with Crippen LogP contribution in [-0.2, 0) is 13.0 Å². The van der Waals surface area contributed by atoms with Crippen LogP contribution >= 0.6 is 11.6 Å². The SMILES string of the molecule is OCCNCc1ccc2cc(Cc3ccccc3Cl)oc2c1. The van der Waals surface area contributed by atoms with Crippen LogP contribution in [0.25, 0.3) is 11.0 Å². The van der Waals surface area contributed by atoms with Crippen LogP contribution < -0.4 is 5.32 Å². The largest absolute Gasteiger partial charge is 0.461 e. The van der Waals surface area contributed by atoms with Crippen molar-refractivity contribution in [1.82, 2.24) is 5.32 Å². The van der Waals surface area contributed by atoms with Crippen LogP contribution in [0, 0.1) is 0 Å². The van der Waals surface area contributed by atoms with Crippen molar-refractivity contribution in [1.29, 1.82) is 0 Å². The number of benzene rings is 2. The third-order valence-corrected chi connectivity index (χ3v) is 3.94. The summed E-state index contributed by atoms with van der Waals surface area (Å²) in [6.07, 6.45) is 0.687. The van der Waals surface area contributed by atoms with E-state index in [0.717, 1.165) is 39.4 Å². The quantitative estimate of drug-likeness (QED) is 0.681. The molecule has 0 spiro atoms. The highest BCUT2D eigenvalue weighted by Gasteiger charge is 2.07. The Kier molecular flexibility index (Phi) is 4.78. The number of hydrogen-bond acceptors (Lipinski definition) is 3. The second kappa shape index (κ2) is 6.97. The average Bonchev–Trinajstić information content (AvgIpc) is 2.91. The minimum absolute atomic E-state index is 0.144. The van der Waals surface area contributed by atoms with Crippen molar-refractivity contribution in [3.63, 3.8) is 0 Å². The molecule has 3 rings (SSSR count). The van der Waals surface area contributed by atoms with Gasteiger partial charge in [0.15, 0.2) is 0 Å². The lowest BCUT2D eigenvalue weighted by Crippen LogP contribution is -2.17. The molecular weight excluding hydrogens is 298 g/mol. The van der Waals surface area contributed by atoms with Gasteiger partial charge in [-0.3, -0.25) is 0 Å². The van der Waals surface area contributed by atoms with Crippen LogP contribution in [0.4, 0.5) is 0 Å². The first-order chi connectivity index (χ1) is 10.8. The number of nitrogens with one attached hydrogen (secondary N) is 1. The second-order valence-corrected chi connectivity index (χ2v) is 5.66. The predicted molar refractivity (Wildman–Crippen MR) is 89.3 cm³/mol. The predicted octanol–water partition coefficient (Wildman–Crippen LogP) is 3.76. The van der Waals surface area contributed by atoms with Gasteiger partial charge in [-0.15, -0.1) is 0 Å². The van der Waals surface area contributed by atoms with Crippen LogP contribution in [-0.4, -0.2) is 18.3 Å². The molecule has 0 aliphatic heterocycles. The Hall–Kier alpha value is -1.81. The number of aliphatic hydroxyl groups is 1. The molecule has 0 aliphatic carbocycles. The Morgan fingerprint density at radius 3 is 2.77 bits per heavy atom. The summed E-state index contributed by atoms with van der Waals surface area (Å²) < 4.78 is 5.94. The van der Waals surface area contributed by atoms with Gasteiger partial charge in [-0.25, -0.2) is 0 Å². The number of rotatable bonds is 6. The monoisotopic (exact) mass is 315 g/mol. The standard InChI is InChI=1S/C18H18ClNO2/c19-17-4-2-1-3-14(17)10-16-11-15-6-5-13(9-18(15)22-16)12-20-7-8-21/h1-6,9,11,20-21H,7-8,10,12H2. The second-order valence-electron chi connectivity index (χ2n) is 5.25. The van der Waals surface area contributed by atoms with E-state index in [1.165, 1.54) is 0 Å². The molecule has 2 N–H and O–H groups in total. The molecule has 0 unspecified atom stereocenters. The highest BCUT2D eigenvalue weighted by Crippen LogP contribution is 2.25. The first-order valence-electron chi connectivity index (χ1n) is 7.32. The van der Waals surface area contributed by atoms with Crippen LogP contribution in [0.1, 0.15) is 16.9 Å². The molecule has 0 saturated heterocycles. The molecule has 0 radical (unpaired) electrons. The molecule has 1 aromatic heterocycles. The minimum atomic E-state index is 0.144. The summed E-state index contributed by atoms with van der Waals surface area (Å²) in [5.41, 5.74) is 3.08. The van der Waals surface area contributed by atoms with Gasteiger partial charge in [0.1, 0.15) is 11.3 Å². The molecule has 1 heterocycles. The summed E-state index contributed by atoms with van der Waals surface area (Å²) in [7, 11) is 0. The number of aliphatic hydroxyl groups excluding tert-OH is 1. The summed E-state index contributed by atoms with van der Waals surface area (Å²) in [4.78, 5) is 0. The molecule has 2 aromatic carbocycles. The van der Waals surface area contributed by atoms with E-state index < -0.39 is 0 Å². The number of furan rings is 1. The van der Waals surface area contributed by atoms with Crippen molar-refractivity contribution in [2.45, 2.75) is 13.0 Å². The molecule has 0 saturated carbocycles. The van der Waals surface area contributed by atoms with Gasteiger partial charge >= 0.3 is 0 Å². The van der Waals surface area contributed by atoms with Gasteiger partial charge in [-0.05, 0) is 29.3 Å². The minimum Gasteiger partial charge on any atom is -0.461 e. The van der Waals surface area contributed by atoms with E-state index in [4.69, 9.17) is 21.1 Å². The molecule has 0 bridgehead atoms. The van der Waals surface area contributed by atoms with Crippen LogP contribution in [0.5, 0.6) is 0 Å².